The van der Waals surface area contributed by atoms with Gasteiger partial charge in [-0.1, -0.05) is 34.1 Å². The zero-order valence-electron chi connectivity index (χ0n) is 9.40. The van der Waals surface area contributed by atoms with Crippen molar-refractivity contribution < 1.29 is 0 Å². The van der Waals surface area contributed by atoms with Crippen molar-refractivity contribution in [2.24, 2.45) is 5.73 Å². The molecule has 1 aromatic carbocycles. The molecule has 17 heavy (non-hydrogen) atoms. The molecule has 0 unspecified atom stereocenters. The molecule has 88 valence electrons. The molecule has 0 aliphatic carbocycles. The zero-order valence-corrected chi connectivity index (χ0v) is 11.8. The molecule has 0 spiro atoms. The largest absolute Gasteiger partial charge is 0.330 e. The number of halogens is 1. The second-order valence-electron chi connectivity index (χ2n) is 3.69. The van der Waals surface area contributed by atoms with Gasteiger partial charge in [0, 0.05) is 14.2 Å². The highest BCUT2D eigenvalue weighted by Crippen LogP contribution is 2.30. The van der Waals surface area contributed by atoms with Crippen LogP contribution >= 0.6 is 27.3 Å². The van der Waals surface area contributed by atoms with Gasteiger partial charge in [0.05, 0.1) is 0 Å². The van der Waals surface area contributed by atoms with Gasteiger partial charge in [-0.15, -0.1) is 11.3 Å². The molecule has 1 heterocycles. The summed E-state index contributed by atoms with van der Waals surface area (Å²) >= 11 is 5.29. The summed E-state index contributed by atoms with van der Waals surface area (Å²) in [7, 11) is 0. The lowest BCUT2D eigenvalue weighted by atomic mass is 10.2. The predicted molar refractivity (Wildman–Crippen MR) is 80.2 cm³/mol. The summed E-state index contributed by atoms with van der Waals surface area (Å²) in [5.41, 5.74) is 6.71. The quantitative estimate of drug-likeness (QED) is 0.881. The van der Waals surface area contributed by atoms with Crippen molar-refractivity contribution in [3.8, 4) is 10.4 Å². The first-order valence-electron chi connectivity index (χ1n) is 5.52. The smallest absolute Gasteiger partial charge is 0.0349 e. The molecule has 0 bridgehead atoms. The van der Waals surface area contributed by atoms with E-state index < -0.39 is 0 Å². The van der Waals surface area contributed by atoms with Gasteiger partial charge in [-0.05, 0) is 48.9 Å². The van der Waals surface area contributed by atoms with E-state index in [1.165, 1.54) is 15.3 Å². The van der Waals surface area contributed by atoms with Gasteiger partial charge in [-0.2, -0.15) is 0 Å². The summed E-state index contributed by atoms with van der Waals surface area (Å²) < 4.78 is 1.11. The van der Waals surface area contributed by atoms with Gasteiger partial charge in [-0.25, -0.2) is 0 Å². The maximum atomic E-state index is 5.45. The maximum Gasteiger partial charge on any atom is 0.0349 e. The summed E-state index contributed by atoms with van der Waals surface area (Å²) in [6.07, 6.45) is 5.19. The average Bonchev–Trinajstić information content (AvgIpc) is 2.78. The minimum Gasteiger partial charge on any atom is -0.330 e. The van der Waals surface area contributed by atoms with Gasteiger partial charge >= 0.3 is 0 Å². The zero-order chi connectivity index (χ0) is 12.1. The van der Waals surface area contributed by atoms with E-state index in [1.54, 1.807) is 11.3 Å². The number of thiophene rings is 1. The third-order valence-electron chi connectivity index (χ3n) is 2.35. The van der Waals surface area contributed by atoms with Gasteiger partial charge in [0.15, 0.2) is 0 Å². The number of hydrogen-bond acceptors (Lipinski definition) is 2. The molecule has 2 aromatic rings. The van der Waals surface area contributed by atoms with Crippen molar-refractivity contribution in [1.82, 2.24) is 0 Å². The molecule has 0 atom stereocenters. The normalized spacial score (nSPS) is 11.2. The van der Waals surface area contributed by atoms with E-state index in [0.29, 0.717) is 6.54 Å². The highest BCUT2D eigenvalue weighted by molar-refractivity contribution is 9.10. The van der Waals surface area contributed by atoms with E-state index in [0.717, 1.165) is 10.9 Å². The monoisotopic (exact) mass is 307 g/mol. The van der Waals surface area contributed by atoms with Crippen molar-refractivity contribution >= 4 is 33.3 Å². The summed E-state index contributed by atoms with van der Waals surface area (Å²) in [6, 6.07) is 12.7. The van der Waals surface area contributed by atoms with E-state index in [-0.39, 0.29) is 0 Å². The van der Waals surface area contributed by atoms with Gasteiger partial charge in [0.2, 0.25) is 0 Å². The van der Waals surface area contributed by atoms with Crippen LogP contribution in [0.1, 0.15) is 11.3 Å². The maximum absolute atomic E-state index is 5.45. The highest BCUT2D eigenvalue weighted by Gasteiger charge is 2.01. The first kappa shape index (κ1) is 12.6. The molecule has 0 saturated carbocycles. The lowest BCUT2D eigenvalue weighted by molar-refractivity contribution is 1.01. The minimum atomic E-state index is 0.709. The highest BCUT2D eigenvalue weighted by atomic mass is 79.9. The molecule has 0 saturated heterocycles. The number of nitrogens with two attached hydrogens (primary N) is 1. The number of rotatable bonds is 4. The predicted octanol–water partition coefficient (Wildman–Crippen LogP) is 4.54. The van der Waals surface area contributed by atoms with Crippen LogP contribution in [-0.2, 0) is 0 Å². The Morgan fingerprint density at radius 1 is 1.24 bits per heavy atom. The second kappa shape index (κ2) is 6.15. The van der Waals surface area contributed by atoms with Crippen LogP contribution in [0.3, 0.4) is 0 Å². The van der Waals surface area contributed by atoms with E-state index >= 15 is 0 Å². The van der Waals surface area contributed by atoms with E-state index in [4.69, 9.17) is 5.73 Å². The van der Waals surface area contributed by atoms with Crippen molar-refractivity contribution in [2.75, 3.05) is 6.54 Å². The third kappa shape index (κ3) is 3.53. The van der Waals surface area contributed by atoms with E-state index in [2.05, 4.69) is 58.4 Å². The van der Waals surface area contributed by atoms with Gasteiger partial charge in [-0.3, -0.25) is 0 Å². The SMILES string of the molecule is NCCC=Cc1ccc(-c2cccc(Br)c2)s1. The Morgan fingerprint density at radius 2 is 2.12 bits per heavy atom. The van der Waals surface area contributed by atoms with Crippen molar-refractivity contribution in [3.05, 3.63) is 51.8 Å². The molecular weight excluding hydrogens is 294 g/mol. The molecule has 0 fully saturated rings. The number of benzene rings is 1. The van der Waals surface area contributed by atoms with Gasteiger partial charge in [0.25, 0.3) is 0 Å². The van der Waals surface area contributed by atoms with Crippen LogP contribution in [0.4, 0.5) is 0 Å². The van der Waals surface area contributed by atoms with Gasteiger partial charge in [0.1, 0.15) is 0 Å². The van der Waals surface area contributed by atoms with Crippen LogP contribution in [-0.4, -0.2) is 6.54 Å². The Morgan fingerprint density at radius 3 is 2.88 bits per heavy atom. The van der Waals surface area contributed by atoms with Crippen LogP contribution in [0, 0.1) is 0 Å². The molecule has 3 heteroatoms. The lowest BCUT2D eigenvalue weighted by Gasteiger charge is -1.97. The average molecular weight is 308 g/mol. The molecular formula is C14H14BrNS. The molecule has 2 N–H and O–H groups in total. The Bertz CT molecular complexity index is 516. The summed E-state index contributed by atoms with van der Waals surface area (Å²) in [6.45, 7) is 0.709. The van der Waals surface area contributed by atoms with E-state index in [9.17, 15) is 0 Å². The number of hydrogen-bond donors (Lipinski definition) is 1. The molecule has 0 aliphatic heterocycles. The molecule has 2 rings (SSSR count). The summed E-state index contributed by atoms with van der Waals surface area (Å²) in [5.74, 6) is 0. The molecule has 0 radical (unpaired) electrons. The molecule has 1 aromatic heterocycles. The minimum absolute atomic E-state index is 0.709. The second-order valence-corrected chi connectivity index (χ2v) is 5.72. The summed E-state index contributed by atoms with van der Waals surface area (Å²) in [4.78, 5) is 2.56. The first-order valence-corrected chi connectivity index (χ1v) is 7.13. The van der Waals surface area contributed by atoms with Gasteiger partial charge < -0.3 is 5.73 Å². The fraction of sp³-hybridized carbons (Fsp3) is 0.143. The third-order valence-corrected chi connectivity index (χ3v) is 3.94. The van der Waals surface area contributed by atoms with Crippen LogP contribution in [0.5, 0.6) is 0 Å². The van der Waals surface area contributed by atoms with Crippen molar-refractivity contribution in [2.45, 2.75) is 6.42 Å². The van der Waals surface area contributed by atoms with Crippen molar-refractivity contribution in [1.29, 1.82) is 0 Å². The van der Waals surface area contributed by atoms with Crippen LogP contribution in [0.25, 0.3) is 16.5 Å². The Balaban J connectivity index is 2.18. The van der Waals surface area contributed by atoms with Crippen LogP contribution in [0.2, 0.25) is 0 Å². The summed E-state index contributed by atoms with van der Waals surface area (Å²) in [5, 5.41) is 0. The van der Waals surface area contributed by atoms with Crippen molar-refractivity contribution in [3.63, 3.8) is 0 Å². The molecule has 1 nitrogen and oxygen atoms in total. The fourth-order valence-corrected chi connectivity index (χ4v) is 2.87. The molecule has 0 amide bonds. The first-order chi connectivity index (χ1) is 8.29. The molecule has 0 aliphatic rings. The Kier molecular flexibility index (Phi) is 4.54. The Hall–Kier alpha value is -0.900. The van der Waals surface area contributed by atoms with Crippen LogP contribution < -0.4 is 5.73 Å². The fourth-order valence-electron chi connectivity index (χ4n) is 1.54. The standard InChI is InChI=1S/C14H14BrNS/c15-12-5-3-4-11(10-12)14-8-7-13(17-14)6-1-2-9-16/h1,3-8,10H,2,9,16H2. The topological polar surface area (TPSA) is 26.0 Å². The van der Waals surface area contributed by atoms with Crippen LogP contribution in [0.15, 0.2) is 46.9 Å². The van der Waals surface area contributed by atoms with E-state index in [1.807, 2.05) is 6.07 Å². The Labute approximate surface area is 114 Å². The lowest BCUT2D eigenvalue weighted by Crippen LogP contribution is -1.94.